The summed E-state index contributed by atoms with van der Waals surface area (Å²) in [7, 11) is 5.30. The van der Waals surface area contributed by atoms with Gasteiger partial charge in [0, 0.05) is 18.0 Å². The minimum absolute atomic E-state index is 0.139. The third-order valence-corrected chi connectivity index (χ3v) is 4.44. The Hall–Kier alpha value is -1.42. The van der Waals surface area contributed by atoms with E-state index in [1.54, 1.807) is 14.2 Å². The zero-order valence-corrected chi connectivity index (χ0v) is 13.1. The topological polar surface area (TPSA) is 39.7 Å². The van der Waals surface area contributed by atoms with E-state index in [2.05, 4.69) is 25.2 Å². The number of hydrogen-bond donors (Lipinski definition) is 1. The third-order valence-electron chi connectivity index (χ3n) is 4.44. The van der Waals surface area contributed by atoms with Gasteiger partial charge in [-0.1, -0.05) is 13.8 Å². The molecule has 1 aromatic rings. The van der Waals surface area contributed by atoms with Crippen molar-refractivity contribution in [2.45, 2.75) is 44.8 Å². The van der Waals surface area contributed by atoms with Gasteiger partial charge in [-0.3, -0.25) is 0 Å². The van der Waals surface area contributed by atoms with Gasteiger partial charge in [-0.15, -0.1) is 0 Å². The molecule has 1 aliphatic heterocycles. The molecule has 1 aliphatic rings. The van der Waals surface area contributed by atoms with Crippen LogP contribution in [0.5, 0.6) is 17.2 Å². The molecule has 0 spiro atoms. The molecule has 1 N–H and O–H groups in total. The second-order valence-electron chi connectivity index (χ2n) is 5.26. The van der Waals surface area contributed by atoms with E-state index in [0.717, 1.165) is 30.6 Å². The van der Waals surface area contributed by atoms with E-state index >= 15 is 0 Å². The standard InChI is InChI=1S/C16H25NO3/c1-6-16(7-2)10-12(17-3)11-8-9-13(18-4)15(19-5)14(11)20-16/h8-9,12,17H,6-7,10H2,1-5H3. The van der Waals surface area contributed by atoms with Crippen molar-refractivity contribution >= 4 is 0 Å². The lowest BCUT2D eigenvalue weighted by Crippen LogP contribution is -2.42. The molecule has 1 unspecified atom stereocenters. The molecule has 0 bridgehead atoms. The molecule has 0 saturated carbocycles. The quantitative estimate of drug-likeness (QED) is 0.897. The first-order valence-corrected chi connectivity index (χ1v) is 7.25. The van der Waals surface area contributed by atoms with E-state index in [4.69, 9.17) is 14.2 Å². The van der Waals surface area contributed by atoms with Crippen molar-refractivity contribution in [3.63, 3.8) is 0 Å². The Balaban J connectivity index is 2.56. The number of benzene rings is 1. The van der Waals surface area contributed by atoms with E-state index in [1.165, 1.54) is 0 Å². The maximum atomic E-state index is 6.37. The predicted molar refractivity (Wildman–Crippen MR) is 79.9 cm³/mol. The zero-order chi connectivity index (χ0) is 14.8. The van der Waals surface area contributed by atoms with Crippen LogP contribution in [0.15, 0.2) is 12.1 Å². The highest BCUT2D eigenvalue weighted by atomic mass is 16.5. The fourth-order valence-electron chi connectivity index (χ4n) is 2.97. The lowest BCUT2D eigenvalue weighted by molar-refractivity contribution is 0.0207. The van der Waals surface area contributed by atoms with Gasteiger partial charge in [0.2, 0.25) is 5.75 Å². The van der Waals surface area contributed by atoms with E-state index in [9.17, 15) is 0 Å². The van der Waals surface area contributed by atoms with Crippen LogP contribution < -0.4 is 19.5 Å². The molecule has 0 saturated heterocycles. The zero-order valence-electron chi connectivity index (χ0n) is 13.1. The molecule has 4 nitrogen and oxygen atoms in total. The summed E-state index contributed by atoms with van der Waals surface area (Å²) >= 11 is 0. The first-order chi connectivity index (χ1) is 9.64. The molecule has 0 aromatic heterocycles. The van der Waals surface area contributed by atoms with Gasteiger partial charge in [-0.05, 0) is 32.0 Å². The van der Waals surface area contributed by atoms with Crippen LogP contribution in [-0.4, -0.2) is 26.9 Å². The Morgan fingerprint density at radius 3 is 2.45 bits per heavy atom. The largest absolute Gasteiger partial charge is 0.493 e. The van der Waals surface area contributed by atoms with E-state index < -0.39 is 0 Å². The van der Waals surface area contributed by atoms with Gasteiger partial charge >= 0.3 is 0 Å². The molecule has 1 atom stereocenters. The Labute approximate surface area is 121 Å². The van der Waals surface area contributed by atoms with Crippen LogP contribution in [0.4, 0.5) is 0 Å². The number of methoxy groups -OCH3 is 2. The van der Waals surface area contributed by atoms with E-state index in [0.29, 0.717) is 11.5 Å². The molecule has 1 aromatic carbocycles. The third kappa shape index (κ3) is 2.33. The highest BCUT2D eigenvalue weighted by molar-refractivity contribution is 5.58. The lowest BCUT2D eigenvalue weighted by atomic mass is 9.83. The second kappa shape index (κ2) is 5.92. The summed E-state index contributed by atoms with van der Waals surface area (Å²) in [6, 6.07) is 4.28. The van der Waals surface area contributed by atoms with Crippen molar-refractivity contribution in [3.8, 4) is 17.2 Å². The van der Waals surface area contributed by atoms with Gasteiger partial charge in [0.15, 0.2) is 11.5 Å². The Bertz CT molecular complexity index is 469. The molecule has 0 radical (unpaired) electrons. The maximum absolute atomic E-state index is 6.37. The van der Waals surface area contributed by atoms with Gasteiger partial charge in [0.25, 0.3) is 0 Å². The van der Waals surface area contributed by atoms with Crippen molar-refractivity contribution in [2.24, 2.45) is 0 Å². The van der Waals surface area contributed by atoms with Gasteiger partial charge in [0.05, 0.1) is 14.2 Å². The van der Waals surface area contributed by atoms with Crippen molar-refractivity contribution in [3.05, 3.63) is 17.7 Å². The Morgan fingerprint density at radius 1 is 1.25 bits per heavy atom. The Morgan fingerprint density at radius 2 is 1.95 bits per heavy atom. The molecule has 4 heteroatoms. The van der Waals surface area contributed by atoms with Crippen LogP contribution in [0, 0.1) is 0 Å². The molecular formula is C16H25NO3. The molecule has 0 fully saturated rings. The number of rotatable bonds is 5. The number of ether oxygens (including phenoxy) is 3. The average Bonchev–Trinajstić information content (AvgIpc) is 2.52. The van der Waals surface area contributed by atoms with Crippen molar-refractivity contribution < 1.29 is 14.2 Å². The summed E-state index contributed by atoms with van der Waals surface area (Å²) in [4.78, 5) is 0. The normalized spacial score (nSPS) is 19.9. The maximum Gasteiger partial charge on any atom is 0.203 e. The number of fused-ring (bicyclic) bond motifs is 1. The monoisotopic (exact) mass is 279 g/mol. The first-order valence-electron chi connectivity index (χ1n) is 7.25. The molecular weight excluding hydrogens is 254 g/mol. The molecule has 1 heterocycles. The van der Waals surface area contributed by atoms with Crippen LogP contribution in [0.3, 0.4) is 0 Å². The molecule has 112 valence electrons. The fourth-order valence-corrected chi connectivity index (χ4v) is 2.97. The minimum atomic E-state index is -0.139. The number of nitrogens with one attached hydrogen (secondary N) is 1. The summed E-state index contributed by atoms with van der Waals surface area (Å²) in [5.41, 5.74) is 1.00. The SMILES string of the molecule is CCC1(CC)CC(NC)c2ccc(OC)c(OC)c2O1. The summed E-state index contributed by atoms with van der Waals surface area (Å²) in [5, 5.41) is 3.40. The second-order valence-corrected chi connectivity index (χ2v) is 5.26. The fraction of sp³-hybridized carbons (Fsp3) is 0.625. The molecule has 0 amide bonds. The summed E-state index contributed by atoms with van der Waals surface area (Å²) in [6.07, 6.45) is 2.92. The van der Waals surface area contributed by atoms with Crippen molar-refractivity contribution in [1.82, 2.24) is 5.32 Å². The van der Waals surface area contributed by atoms with Crippen LogP contribution in [-0.2, 0) is 0 Å². The van der Waals surface area contributed by atoms with Crippen LogP contribution in [0.25, 0.3) is 0 Å². The average molecular weight is 279 g/mol. The molecule has 2 rings (SSSR count). The van der Waals surface area contributed by atoms with Crippen LogP contribution in [0.1, 0.15) is 44.7 Å². The van der Waals surface area contributed by atoms with Gasteiger partial charge < -0.3 is 19.5 Å². The number of hydrogen-bond acceptors (Lipinski definition) is 4. The van der Waals surface area contributed by atoms with E-state index in [1.807, 2.05) is 13.1 Å². The van der Waals surface area contributed by atoms with Gasteiger partial charge in [-0.2, -0.15) is 0 Å². The minimum Gasteiger partial charge on any atom is -0.493 e. The lowest BCUT2D eigenvalue weighted by Gasteiger charge is -2.42. The Kier molecular flexibility index (Phi) is 4.43. The summed E-state index contributed by atoms with van der Waals surface area (Å²) in [6.45, 7) is 4.35. The van der Waals surface area contributed by atoms with Crippen molar-refractivity contribution in [2.75, 3.05) is 21.3 Å². The predicted octanol–water partition coefficient (Wildman–Crippen LogP) is 3.31. The highest BCUT2D eigenvalue weighted by Gasteiger charge is 2.40. The van der Waals surface area contributed by atoms with Crippen molar-refractivity contribution in [1.29, 1.82) is 0 Å². The van der Waals surface area contributed by atoms with E-state index in [-0.39, 0.29) is 11.6 Å². The smallest absolute Gasteiger partial charge is 0.203 e. The molecule has 20 heavy (non-hydrogen) atoms. The highest BCUT2D eigenvalue weighted by Crippen LogP contribution is 2.50. The van der Waals surface area contributed by atoms with Crippen LogP contribution in [0.2, 0.25) is 0 Å². The first kappa shape index (κ1) is 15.0. The van der Waals surface area contributed by atoms with Gasteiger partial charge in [-0.25, -0.2) is 0 Å². The molecule has 0 aliphatic carbocycles. The summed E-state index contributed by atoms with van der Waals surface area (Å²) < 4.78 is 17.3. The summed E-state index contributed by atoms with van der Waals surface area (Å²) in [5.74, 6) is 2.22. The van der Waals surface area contributed by atoms with Gasteiger partial charge in [0.1, 0.15) is 5.60 Å². The van der Waals surface area contributed by atoms with Crippen LogP contribution >= 0.6 is 0 Å².